The van der Waals surface area contributed by atoms with E-state index in [2.05, 4.69) is 0 Å². The predicted octanol–water partition coefficient (Wildman–Crippen LogP) is 1.36. The van der Waals surface area contributed by atoms with Crippen molar-refractivity contribution < 1.29 is 15.0 Å². The number of aliphatic hydroxyl groups excluding tert-OH is 1. The minimum atomic E-state index is -0.648. The first-order valence-electron chi connectivity index (χ1n) is 4.69. The average Bonchev–Trinajstić information content (AvgIpc) is 2.15. The highest BCUT2D eigenvalue weighted by molar-refractivity contribution is 7.99. The molecule has 0 aliphatic heterocycles. The molecule has 0 bridgehead atoms. The fourth-order valence-electron chi connectivity index (χ4n) is 1.70. The standard InChI is InChI=1S/C9H16O3S/c10-5-6-13-8-3-1-7(2-4-8)9(11)12/h7-8,10H,1-6H2,(H,11,12). The third kappa shape index (κ3) is 3.56. The van der Waals surface area contributed by atoms with Gasteiger partial charge in [-0.15, -0.1) is 0 Å². The van der Waals surface area contributed by atoms with Gasteiger partial charge in [-0.1, -0.05) is 0 Å². The highest BCUT2D eigenvalue weighted by Gasteiger charge is 2.25. The van der Waals surface area contributed by atoms with Crippen molar-refractivity contribution in [2.45, 2.75) is 30.9 Å². The predicted molar refractivity (Wildman–Crippen MR) is 52.9 cm³/mol. The number of carboxylic acid groups (broad SMARTS) is 1. The van der Waals surface area contributed by atoms with E-state index in [1.54, 1.807) is 11.8 Å². The van der Waals surface area contributed by atoms with Gasteiger partial charge in [0.15, 0.2) is 0 Å². The molecule has 0 saturated heterocycles. The molecule has 4 heteroatoms. The summed E-state index contributed by atoms with van der Waals surface area (Å²) in [6, 6.07) is 0. The van der Waals surface area contributed by atoms with Gasteiger partial charge in [0, 0.05) is 11.0 Å². The Morgan fingerprint density at radius 1 is 1.31 bits per heavy atom. The lowest BCUT2D eigenvalue weighted by atomic mass is 9.89. The Bertz CT molecular complexity index is 164. The summed E-state index contributed by atoms with van der Waals surface area (Å²) in [6.07, 6.45) is 3.58. The third-order valence-corrected chi connectivity index (χ3v) is 3.83. The van der Waals surface area contributed by atoms with Gasteiger partial charge in [0.25, 0.3) is 0 Å². The maximum absolute atomic E-state index is 10.6. The van der Waals surface area contributed by atoms with E-state index in [-0.39, 0.29) is 12.5 Å². The van der Waals surface area contributed by atoms with Crippen LogP contribution < -0.4 is 0 Å². The molecule has 0 aromatic rings. The van der Waals surface area contributed by atoms with E-state index in [1.165, 1.54) is 0 Å². The zero-order valence-corrected chi connectivity index (χ0v) is 8.42. The number of rotatable bonds is 4. The molecule has 0 aromatic carbocycles. The number of carbonyl (C=O) groups is 1. The molecule has 0 amide bonds. The summed E-state index contributed by atoms with van der Waals surface area (Å²) >= 11 is 1.77. The van der Waals surface area contributed by atoms with Gasteiger partial charge in [-0.05, 0) is 25.7 Å². The maximum atomic E-state index is 10.6. The van der Waals surface area contributed by atoms with E-state index in [0.29, 0.717) is 5.25 Å². The summed E-state index contributed by atoms with van der Waals surface area (Å²) in [5, 5.41) is 17.9. The normalized spacial score (nSPS) is 28.7. The highest BCUT2D eigenvalue weighted by Crippen LogP contribution is 2.31. The maximum Gasteiger partial charge on any atom is 0.306 e. The van der Waals surface area contributed by atoms with Crippen LogP contribution in [0.15, 0.2) is 0 Å². The van der Waals surface area contributed by atoms with Gasteiger partial charge in [0.2, 0.25) is 0 Å². The van der Waals surface area contributed by atoms with Crippen molar-refractivity contribution in [3.63, 3.8) is 0 Å². The molecule has 1 saturated carbocycles. The van der Waals surface area contributed by atoms with Gasteiger partial charge in [-0.2, -0.15) is 11.8 Å². The average molecular weight is 204 g/mol. The van der Waals surface area contributed by atoms with Crippen molar-refractivity contribution in [2.24, 2.45) is 5.92 Å². The second kappa shape index (κ2) is 5.50. The van der Waals surface area contributed by atoms with Gasteiger partial charge in [-0.3, -0.25) is 4.79 Å². The third-order valence-electron chi connectivity index (χ3n) is 2.47. The number of hydrogen-bond donors (Lipinski definition) is 2. The summed E-state index contributed by atoms with van der Waals surface area (Å²) in [5.41, 5.74) is 0. The van der Waals surface area contributed by atoms with Gasteiger partial charge >= 0.3 is 5.97 Å². The van der Waals surface area contributed by atoms with Crippen LogP contribution in [0.3, 0.4) is 0 Å². The van der Waals surface area contributed by atoms with Crippen LogP contribution in [0.5, 0.6) is 0 Å². The smallest absolute Gasteiger partial charge is 0.306 e. The molecule has 1 aliphatic carbocycles. The van der Waals surface area contributed by atoms with Crippen molar-refractivity contribution in [2.75, 3.05) is 12.4 Å². The lowest BCUT2D eigenvalue weighted by Crippen LogP contribution is -2.22. The molecular formula is C9H16O3S. The molecule has 0 atom stereocenters. The molecule has 0 heterocycles. The molecule has 0 spiro atoms. The molecule has 76 valence electrons. The Labute approximate surface area is 82.5 Å². The van der Waals surface area contributed by atoms with Crippen LogP contribution in [0.1, 0.15) is 25.7 Å². The number of thioether (sulfide) groups is 1. The van der Waals surface area contributed by atoms with E-state index in [9.17, 15) is 4.79 Å². The second-order valence-corrected chi connectivity index (χ2v) is 4.81. The van der Waals surface area contributed by atoms with Crippen LogP contribution in [-0.4, -0.2) is 33.8 Å². The molecule has 1 aliphatic rings. The zero-order chi connectivity index (χ0) is 9.68. The zero-order valence-electron chi connectivity index (χ0n) is 7.61. The quantitative estimate of drug-likeness (QED) is 0.726. The summed E-state index contributed by atoms with van der Waals surface area (Å²) in [5.74, 6) is 0.0131. The highest BCUT2D eigenvalue weighted by atomic mass is 32.2. The molecule has 1 fully saturated rings. The Morgan fingerprint density at radius 2 is 1.92 bits per heavy atom. The van der Waals surface area contributed by atoms with Crippen molar-refractivity contribution in [3.05, 3.63) is 0 Å². The molecule has 0 unspecified atom stereocenters. The largest absolute Gasteiger partial charge is 0.481 e. The fourth-order valence-corrected chi connectivity index (χ4v) is 2.74. The molecule has 2 N–H and O–H groups in total. The minimum absolute atomic E-state index is 0.119. The summed E-state index contributed by atoms with van der Waals surface area (Å²) in [6.45, 7) is 0.226. The summed E-state index contributed by atoms with van der Waals surface area (Å²) in [7, 11) is 0. The first kappa shape index (κ1) is 10.9. The van der Waals surface area contributed by atoms with Crippen LogP contribution in [0, 0.1) is 5.92 Å². The Kier molecular flexibility index (Phi) is 4.59. The van der Waals surface area contributed by atoms with Crippen molar-refractivity contribution >= 4 is 17.7 Å². The second-order valence-electron chi connectivity index (χ2n) is 3.41. The van der Waals surface area contributed by atoms with Crippen LogP contribution in [0.2, 0.25) is 0 Å². The fraction of sp³-hybridized carbons (Fsp3) is 0.889. The SMILES string of the molecule is O=C(O)C1CCC(SCCO)CC1. The Balaban J connectivity index is 2.18. The first-order valence-corrected chi connectivity index (χ1v) is 5.74. The Morgan fingerprint density at radius 3 is 2.38 bits per heavy atom. The molecule has 0 aromatic heterocycles. The van der Waals surface area contributed by atoms with Crippen LogP contribution in [-0.2, 0) is 4.79 Å². The molecule has 13 heavy (non-hydrogen) atoms. The van der Waals surface area contributed by atoms with E-state index < -0.39 is 5.97 Å². The monoisotopic (exact) mass is 204 g/mol. The van der Waals surface area contributed by atoms with Crippen LogP contribution >= 0.6 is 11.8 Å². The van der Waals surface area contributed by atoms with E-state index in [0.717, 1.165) is 31.4 Å². The van der Waals surface area contributed by atoms with Gasteiger partial charge in [0.1, 0.15) is 0 Å². The van der Waals surface area contributed by atoms with Gasteiger partial charge < -0.3 is 10.2 Å². The molecule has 3 nitrogen and oxygen atoms in total. The Hall–Kier alpha value is -0.220. The van der Waals surface area contributed by atoms with Crippen LogP contribution in [0.25, 0.3) is 0 Å². The topological polar surface area (TPSA) is 57.5 Å². The van der Waals surface area contributed by atoms with E-state index in [4.69, 9.17) is 10.2 Å². The van der Waals surface area contributed by atoms with E-state index >= 15 is 0 Å². The minimum Gasteiger partial charge on any atom is -0.481 e. The van der Waals surface area contributed by atoms with Crippen molar-refractivity contribution in [1.29, 1.82) is 0 Å². The van der Waals surface area contributed by atoms with Crippen LogP contribution in [0.4, 0.5) is 0 Å². The van der Waals surface area contributed by atoms with Crippen molar-refractivity contribution in [1.82, 2.24) is 0 Å². The van der Waals surface area contributed by atoms with Gasteiger partial charge in [-0.25, -0.2) is 0 Å². The van der Waals surface area contributed by atoms with Crippen molar-refractivity contribution in [3.8, 4) is 0 Å². The number of aliphatic carboxylic acids is 1. The summed E-state index contributed by atoms with van der Waals surface area (Å²) in [4.78, 5) is 10.6. The summed E-state index contributed by atoms with van der Waals surface area (Å²) < 4.78 is 0. The number of carboxylic acids is 1. The lowest BCUT2D eigenvalue weighted by Gasteiger charge is -2.25. The molecule has 1 rings (SSSR count). The van der Waals surface area contributed by atoms with Gasteiger partial charge in [0.05, 0.1) is 12.5 Å². The van der Waals surface area contributed by atoms with E-state index in [1.807, 2.05) is 0 Å². The lowest BCUT2D eigenvalue weighted by molar-refractivity contribution is -0.142. The number of hydrogen-bond acceptors (Lipinski definition) is 3. The molecule has 0 radical (unpaired) electrons. The first-order chi connectivity index (χ1) is 6.24. The number of aliphatic hydroxyl groups is 1. The molecular weight excluding hydrogens is 188 g/mol.